The van der Waals surface area contributed by atoms with Gasteiger partial charge in [0.15, 0.2) is 0 Å². The van der Waals surface area contributed by atoms with Crippen LogP contribution in [0.1, 0.15) is 18.1 Å². The lowest BCUT2D eigenvalue weighted by Crippen LogP contribution is -2.32. The van der Waals surface area contributed by atoms with Crippen LogP contribution >= 0.6 is 0 Å². The minimum absolute atomic E-state index is 0.0198. The Morgan fingerprint density at radius 1 is 1.17 bits per heavy atom. The van der Waals surface area contributed by atoms with Crippen LogP contribution in [0.3, 0.4) is 0 Å². The normalized spacial score (nSPS) is 12.0. The Morgan fingerprint density at radius 3 is 2.43 bits per heavy atom. The molecule has 0 saturated carbocycles. The second kappa shape index (κ2) is 7.89. The van der Waals surface area contributed by atoms with E-state index in [0.29, 0.717) is 0 Å². The predicted molar refractivity (Wildman–Crippen MR) is 89.9 cm³/mol. The highest BCUT2D eigenvalue weighted by molar-refractivity contribution is 5.91. The number of carbonyl (C=O) groups excluding carboxylic acids is 1. The molecule has 0 heterocycles. The molecule has 0 spiro atoms. The minimum atomic E-state index is -0.453. The van der Waals surface area contributed by atoms with Crippen molar-refractivity contribution < 1.29 is 9.72 Å². The van der Waals surface area contributed by atoms with Crippen molar-refractivity contribution in [3.05, 3.63) is 81.9 Å². The lowest BCUT2D eigenvalue weighted by atomic mass is 10.1. The van der Waals surface area contributed by atoms with Crippen LogP contribution in [0.15, 0.2) is 60.7 Å². The Morgan fingerprint density at radius 2 is 1.83 bits per heavy atom. The number of non-ortho nitro benzene ring substituents is 1. The van der Waals surface area contributed by atoms with Crippen LogP contribution in [-0.2, 0) is 11.2 Å². The van der Waals surface area contributed by atoms with E-state index in [9.17, 15) is 14.9 Å². The van der Waals surface area contributed by atoms with Crippen LogP contribution in [0.2, 0.25) is 0 Å². The van der Waals surface area contributed by atoms with Crippen molar-refractivity contribution in [3.8, 4) is 0 Å². The van der Waals surface area contributed by atoms with Crippen molar-refractivity contribution in [2.45, 2.75) is 19.4 Å². The summed E-state index contributed by atoms with van der Waals surface area (Å²) in [6.45, 7) is 1.95. The Kier molecular flexibility index (Phi) is 5.63. The van der Waals surface area contributed by atoms with Crippen molar-refractivity contribution in [1.82, 2.24) is 5.32 Å². The number of benzene rings is 2. The summed E-state index contributed by atoms with van der Waals surface area (Å²) in [5, 5.41) is 13.5. The predicted octanol–water partition coefficient (Wildman–Crippen LogP) is 3.36. The maximum absolute atomic E-state index is 11.9. The number of nitro benzene ring substituents is 1. The van der Waals surface area contributed by atoms with Crippen LogP contribution in [0.4, 0.5) is 5.69 Å². The highest BCUT2D eigenvalue weighted by Crippen LogP contribution is 2.12. The second-order valence-corrected chi connectivity index (χ2v) is 5.28. The van der Waals surface area contributed by atoms with Gasteiger partial charge in [0.1, 0.15) is 0 Å². The van der Waals surface area contributed by atoms with Gasteiger partial charge >= 0.3 is 0 Å². The summed E-state index contributed by atoms with van der Waals surface area (Å²) in [5.41, 5.74) is 1.93. The molecule has 0 bridgehead atoms. The van der Waals surface area contributed by atoms with Gasteiger partial charge in [-0.15, -0.1) is 0 Å². The number of rotatable bonds is 6. The Labute approximate surface area is 134 Å². The molecule has 2 aromatic carbocycles. The molecule has 1 amide bonds. The maximum atomic E-state index is 11.9. The number of hydrogen-bond donors (Lipinski definition) is 1. The van der Waals surface area contributed by atoms with E-state index in [4.69, 9.17) is 0 Å². The Balaban J connectivity index is 1.87. The third kappa shape index (κ3) is 5.39. The van der Waals surface area contributed by atoms with Gasteiger partial charge in [0.2, 0.25) is 5.91 Å². The average molecular weight is 310 g/mol. The van der Waals surface area contributed by atoms with Gasteiger partial charge in [-0.05, 0) is 42.7 Å². The molecule has 0 aliphatic rings. The van der Waals surface area contributed by atoms with E-state index in [1.54, 1.807) is 18.2 Å². The molecule has 0 aromatic heterocycles. The van der Waals surface area contributed by atoms with E-state index >= 15 is 0 Å². The first-order chi connectivity index (χ1) is 11.0. The zero-order valence-corrected chi connectivity index (χ0v) is 12.8. The number of amides is 1. The molecule has 0 radical (unpaired) electrons. The molecule has 0 fully saturated rings. The monoisotopic (exact) mass is 310 g/mol. The standard InChI is InChI=1S/C18H18N2O3/c1-14(13-16-5-3-2-4-6-16)19-18(21)12-9-15-7-10-17(11-8-15)20(22)23/h2-12,14H,13H2,1H3,(H,19,21)/b12-9+/t14-/m1/s1. The van der Waals surface area contributed by atoms with E-state index in [-0.39, 0.29) is 17.6 Å². The number of nitrogens with zero attached hydrogens (tertiary/aromatic N) is 1. The molecule has 0 unspecified atom stereocenters. The Hall–Kier alpha value is -2.95. The summed E-state index contributed by atoms with van der Waals surface area (Å²) in [7, 11) is 0. The molecule has 1 N–H and O–H groups in total. The fourth-order valence-electron chi connectivity index (χ4n) is 2.19. The SMILES string of the molecule is C[C@H](Cc1ccccc1)NC(=O)/C=C/c1ccc([N+](=O)[O-])cc1. The molecule has 0 aliphatic carbocycles. The smallest absolute Gasteiger partial charge is 0.269 e. The van der Waals surface area contributed by atoms with Crippen LogP contribution < -0.4 is 5.32 Å². The topological polar surface area (TPSA) is 72.2 Å². The molecule has 118 valence electrons. The zero-order valence-electron chi connectivity index (χ0n) is 12.8. The van der Waals surface area contributed by atoms with Gasteiger partial charge < -0.3 is 5.32 Å². The van der Waals surface area contributed by atoms with E-state index in [0.717, 1.165) is 12.0 Å². The third-order valence-electron chi connectivity index (χ3n) is 3.30. The lowest BCUT2D eigenvalue weighted by molar-refractivity contribution is -0.384. The third-order valence-corrected chi connectivity index (χ3v) is 3.30. The number of nitro groups is 1. The van der Waals surface area contributed by atoms with Crippen LogP contribution in [0.5, 0.6) is 0 Å². The molecule has 0 saturated heterocycles. The fourth-order valence-corrected chi connectivity index (χ4v) is 2.19. The molecule has 5 nitrogen and oxygen atoms in total. The first-order valence-corrected chi connectivity index (χ1v) is 7.31. The quantitative estimate of drug-likeness (QED) is 0.505. The van der Waals surface area contributed by atoms with Gasteiger partial charge in [-0.2, -0.15) is 0 Å². The van der Waals surface area contributed by atoms with E-state index in [2.05, 4.69) is 5.32 Å². The fraction of sp³-hybridized carbons (Fsp3) is 0.167. The van der Waals surface area contributed by atoms with Crippen LogP contribution in [-0.4, -0.2) is 16.9 Å². The van der Waals surface area contributed by atoms with Gasteiger partial charge in [0.05, 0.1) is 4.92 Å². The second-order valence-electron chi connectivity index (χ2n) is 5.28. The van der Waals surface area contributed by atoms with Gasteiger partial charge in [-0.3, -0.25) is 14.9 Å². The average Bonchev–Trinajstić information content (AvgIpc) is 2.54. The summed E-state index contributed by atoms with van der Waals surface area (Å²) in [6.07, 6.45) is 3.83. The van der Waals surface area contributed by atoms with Crippen LogP contribution in [0, 0.1) is 10.1 Å². The maximum Gasteiger partial charge on any atom is 0.269 e. The molecule has 23 heavy (non-hydrogen) atoms. The highest BCUT2D eigenvalue weighted by Gasteiger charge is 2.06. The van der Waals surface area contributed by atoms with Crippen molar-refractivity contribution in [2.75, 3.05) is 0 Å². The van der Waals surface area contributed by atoms with E-state index in [1.165, 1.54) is 23.8 Å². The molecular formula is C18H18N2O3. The zero-order chi connectivity index (χ0) is 16.7. The van der Waals surface area contributed by atoms with E-state index in [1.807, 2.05) is 37.3 Å². The first-order valence-electron chi connectivity index (χ1n) is 7.31. The van der Waals surface area contributed by atoms with Gasteiger partial charge in [0, 0.05) is 24.3 Å². The minimum Gasteiger partial charge on any atom is -0.350 e. The number of carbonyl (C=O) groups is 1. The molecule has 0 aliphatic heterocycles. The van der Waals surface area contributed by atoms with Crippen LogP contribution in [0.25, 0.3) is 6.08 Å². The molecule has 2 rings (SSSR count). The summed E-state index contributed by atoms with van der Waals surface area (Å²) in [4.78, 5) is 22.0. The number of hydrogen-bond acceptors (Lipinski definition) is 3. The highest BCUT2D eigenvalue weighted by atomic mass is 16.6. The van der Waals surface area contributed by atoms with Crippen molar-refractivity contribution in [3.63, 3.8) is 0 Å². The van der Waals surface area contributed by atoms with E-state index < -0.39 is 4.92 Å². The Bertz CT molecular complexity index is 694. The molecule has 2 aromatic rings. The largest absolute Gasteiger partial charge is 0.350 e. The van der Waals surface area contributed by atoms with Gasteiger partial charge in [0.25, 0.3) is 5.69 Å². The van der Waals surface area contributed by atoms with Crippen molar-refractivity contribution in [2.24, 2.45) is 0 Å². The van der Waals surface area contributed by atoms with Gasteiger partial charge in [-0.1, -0.05) is 30.3 Å². The van der Waals surface area contributed by atoms with Crippen molar-refractivity contribution in [1.29, 1.82) is 0 Å². The summed E-state index contributed by atoms with van der Waals surface area (Å²) in [6, 6.07) is 16.0. The lowest BCUT2D eigenvalue weighted by Gasteiger charge is -2.12. The molecule has 1 atom stereocenters. The molecular weight excluding hydrogens is 292 g/mol. The molecule has 5 heteroatoms. The number of nitrogens with one attached hydrogen (secondary N) is 1. The summed E-state index contributed by atoms with van der Waals surface area (Å²) < 4.78 is 0. The summed E-state index contributed by atoms with van der Waals surface area (Å²) in [5.74, 6) is -0.188. The van der Waals surface area contributed by atoms with Gasteiger partial charge in [-0.25, -0.2) is 0 Å². The van der Waals surface area contributed by atoms with Crippen molar-refractivity contribution >= 4 is 17.7 Å². The summed E-state index contributed by atoms with van der Waals surface area (Å²) >= 11 is 0. The first kappa shape index (κ1) is 16.4.